The predicted molar refractivity (Wildman–Crippen MR) is 106 cm³/mol. The van der Waals surface area contributed by atoms with Crippen molar-refractivity contribution in [1.29, 1.82) is 0 Å². The lowest BCUT2D eigenvalue weighted by Crippen LogP contribution is -2.52. The van der Waals surface area contributed by atoms with Gasteiger partial charge in [-0.05, 0) is 48.3 Å². The van der Waals surface area contributed by atoms with Gasteiger partial charge in [0.15, 0.2) is 0 Å². The molecule has 0 spiro atoms. The summed E-state index contributed by atoms with van der Waals surface area (Å²) < 4.78 is 0. The van der Waals surface area contributed by atoms with Crippen molar-refractivity contribution in [2.45, 2.75) is 25.3 Å². The van der Waals surface area contributed by atoms with E-state index in [4.69, 9.17) is 0 Å². The molecule has 1 atom stereocenters. The summed E-state index contributed by atoms with van der Waals surface area (Å²) in [5.74, 6) is 1.78. The SMILES string of the molecule is O=C(CN1CCc2sccc2[C@H]1C1CC1)N1CCN(c2ncccn2)CC1. The van der Waals surface area contributed by atoms with Gasteiger partial charge in [-0.25, -0.2) is 9.97 Å². The van der Waals surface area contributed by atoms with Crippen molar-refractivity contribution in [2.75, 3.05) is 44.2 Å². The zero-order valence-electron chi connectivity index (χ0n) is 15.5. The summed E-state index contributed by atoms with van der Waals surface area (Å²) in [6.07, 6.45) is 7.24. The van der Waals surface area contributed by atoms with Crippen LogP contribution in [0.2, 0.25) is 0 Å². The Morgan fingerprint density at radius 3 is 2.63 bits per heavy atom. The van der Waals surface area contributed by atoms with Gasteiger partial charge < -0.3 is 9.80 Å². The van der Waals surface area contributed by atoms with Gasteiger partial charge in [0, 0.05) is 56.0 Å². The third kappa shape index (κ3) is 3.46. The monoisotopic (exact) mass is 383 g/mol. The zero-order valence-corrected chi connectivity index (χ0v) is 16.3. The molecule has 0 unspecified atom stereocenters. The molecule has 27 heavy (non-hydrogen) atoms. The van der Waals surface area contributed by atoms with Crippen LogP contribution in [0.4, 0.5) is 5.95 Å². The van der Waals surface area contributed by atoms with Crippen molar-refractivity contribution in [3.8, 4) is 0 Å². The molecule has 0 aromatic carbocycles. The van der Waals surface area contributed by atoms with Crippen LogP contribution >= 0.6 is 11.3 Å². The van der Waals surface area contributed by atoms with Crippen molar-refractivity contribution < 1.29 is 4.79 Å². The Morgan fingerprint density at radius 2 is 1.89 bits per heavy atom. The maximum atomic E-state index is 13.0. The molecule has 6 nitrogen and oxygen atoms in total. The number of amides is 1. The quantitative estimate of drug-likeness (QED) is 0.810. The lowest BCUT2D eigenvalue weighted by molar-refractivity contribution is -0.133. The maximum Gasteiger partial charge on any atom is 0.236 e. The minimum Gasteiger partial charge on any atom is -0.338 e. The predicted octanol–water partition coefficient (Wildman–Crippen LogP) is 2.20. The first-order chi connectivity index (χ1) is 13.3. The van der Waals surface area contributed by atoms with Crippen molar-refractivity contribution in [1.82, 2.24) is 19.8 Å². The molecule has 7 heteroatoms. The second-order valence-corrected chi connectivity index (χ2v) is 8.72. The van der Waals surface area contributed by atoms with Gasteiger partial charge in [0.05, 0.1) is 6.54 Å². The number of fused-ring (bicyclic) bond motifs is 1. The number of anilines is 1. The Labute approximate surface area is 163 Å². The maximum absolute atomic E-state index is 13.0. The second kappa shape index (κ2) is 7.20. The van der Waals surface area contributed by atoms with Gasteiger partial charge in [-0.3, -0.25) is 9.69 Å². The van der Waals surface area contributed by atoms with Crippen LogP contribution in [0, 0.1) is 5.92 Å². The van der Waals surface area contributed by atoms with Gasteiger partial charge >= 0.3 is 0 Å². The van der Waals surface area contributed by atoms with Crippen LogP contribution in [0.15, 0.2) is 29.9 Å². The number of rotatable bonds is 4. The van der Waals surface area contributed by atoms with E-state index in [1.807, 2.05) is 22.3 Å². The Hall–Kier alpha value is -1.99. The van der Waals surface area contributed by atoms with E-state index < -0.39 is 0 Å². The molecule has 4 heterocycles. The van der Waals surface area contributed by atoms with Crippen LogP contribution in [0.3, 0.4) is 0 Å². The molecule has 1 saturated heterocycles. The Balaban J connectivity index is 1.21. The lowest BCUT2D eigenvalue weighted by Gasteiger charge is -2.39. The number of piperazine rings is 1. The fourth-order valence-electron chi connectivity index (χ4n) is 4.42. The highest BCUT2D eigenvalue weighted by Crippen LogP contribution is 2.48. The molecule has 2 aromatic heterocycles. The van der Waals surface area contributed by atoms with Gasteiger partial charge in [-0.2, -0.15) is 0 Å². The van der Waals surface area contributed by atoms with E-state index in [1.165, 1.54) is 23.3 Å². The molecule has 2 fully saturated rings. The van der Waals surface area contributed by atoms with Crippen molar-refractivity contribution in [2.24, 2.45) is 5.92 Å². The average molecular weight is 384 g/mol. The molecule has 1 amide bonds. The minimum absolute atomic E-state index is 0.271. The molecule has 3 aliphatic rings. The molecular weight excluding hydrogens is 358 g/mol. The van der Waals surface area contributed by atoms with E-state index in [0.717, 1.165) is 51.0 Å². The average Bonchev–Trinajstić information content (AvgIpc) is 3.44. The molecule has 142 valence electrons. The molecule has 2 aliphatic heterocycles. The highest BCUT2D eigenvalue weighted by Gasteiger charge is 2.40. The Morgan fingerprint density at radius 1 is 1.11 bits per heavy atom. The number of thiophene rings is 1. The van der Waals surface area contributed by atoms with Crippen LogP contribution in [0.25, 0.3) is 0 Å². The van der Waals surface area contributed by atoms with Crippen LogP contribution < -0.4 is 4.90 Å². The van der Waals surface area contributed by atoms with E-state index in [-0.39, 0.29) is 5.91 Å². The molecule has 0 radical (unpaired) electrons. The first kappa shape index (κ1) is 17.1. The van der Waals surface area contributed by atoms with Crippen LogP contribution in [-0.4, -0.2) is 64.9 Å². The topological polar surface area (TPSA) is 52.6 Å². The van der Waals surface area contributed by atoms with Crippen LogP contribution in [-0.2, 0) is 11.2 Å². The number of carbonyl (C=O) groups is 1. The van der Waals surface area contributed by atoms with Crippen LogP contribution in [0.5, 0.6) is 0 Å². The van der Waals surface area contributed by atoms with Crippen molar-refractivity contribution >= 4 is 23.2 Å². The van der Waals surface area contributed by atoms with E-state index in [1.54, 1.807) is 12.4 Å². The Bertz CT molecular complexity index is 798. The molecule has 1 aliphatic carbocycles. The van der Waals surface area contributed by atoms with Gasteiger partial charge in [0.25, 0.3) is 0 Å². The van der Waals surface area contributed by atoms with E-state index in [0.29, 0.717) is 12.6 Å². The van der Waals surface area contributed by atoms with Crippen LogP contribution in [0.1, 0.15) is 29.3 Å². The second-order valence-electron chi connectivity index (χ2n) is 7.72. The molecular formula is C20H25N5OS. The largest absolute Gasteiger partial charge is 0.338 e. The number of nitrogens with zero attached hydrogens (tertiary/aromatic N) is 5. The number of hydrogen-bond donors (Lipinski definition) is 0. The smallest absolute Gasteiger partial charge is 0.236 e. The molecule has 2 aromatic rings. The highest BCUT2D eigenvalue weighted by atomic mass is 32.1. The number of carbonyl (C=O) groups excluding carboxylic acids is 1. The van der Waals surface area contributed by atoms with Crippen molar-refractivity contribution in [3.63, 3.8) is 0 Å². The summed E-state index contributed by atoms with van der Waals surface area (Å²) >= 11 is 1.88. The summed E-state index contributed by atoms with van der Waals surface area (Å²) in [6.45, 7) is 4.68. The summed E-state index contributed by atoms with van der Waals surface area (Å²) in [7, 11) is 0. The number of aromatic nitrogens is 2. The van der Waals surface area contributed by atoms with Gasteiger partial charge in [0.2, 0.25) is 11.9 Å². The molecule has 0 N–H and O–H groups in total. The summed E-state index contributed by atoms with van der Waals surface area (Å²) in [6, 6.07) is 4.58. The van der Waals surface area contributed by atoms with Gasteiger partial charge in [0.1, 0.15) is 0 Å². The highest BCUT2D eigenvalue weighted by molar-refractivity contribution is 7.10. The first-order valence-corrected chi connectivity index (χ1v) is 10.8. The lowest BCUT2D eigenvalue weighted by atomic mass is 9.96. The van der Waals surface area contributed by atoms with E-state index in [2.05, 4.69) is 31.2 Å². The summed E-state index contributed by atoms with van der Waals surface area (Å²) in [4.78, 5) is 29.8. The zero-order chi connectivity index (χ0) is 18.2. The van der Waals surface area contributed by atoms with Gasteiger partial charge in [-0.1, -0.05) is 0 Å². The fourth-order valence-corrected chi connectivity index (χ4v) is 5.34. The molecule has 5 rings (SSSR count). The summed E-state index contributed by atoms with van der Waals surface area (Å²) in [5, 5.41) is 2.22. The normalized spacial score (nSPS) is 23.3. The minimum atomic E-state index is 0.271. The standard InChI is InChI=1S/C20H25N5OS/c26-18(23-9-11-24(12-10-23)20-21-6-1-7-22-20)14-25-8-4-17-16(5-13-27-17)19(25)15-2-3-15/h1,5-7,13,15,19H,2-4,8-12,14H2/t19-/m1/s1. The van der Waals surface area contributed by atoms with Gasteiger partial charge in [-0.15, -0.1) is 11.3 Å². The third-order valence-electron chi connectivity index (χ3n) is 5.99. The third-order valence-corrected chi connectivity index (χ3v) is 6.99. The number of hydrogen-bond acceptors (Lipinski definition) is 6. The van der Waals surface area contributed by atoms with E-state index in [9.17, 15) is 4.79 Å². The Kier molecular flexibility index (Phi) is 4.57. The van der Waals surface area contributed by atoms with Crippen molar-refractivity contribution in [3.05, 3.63) is 40.3 Å². The summed E-state index contributed by atoms with van der Waals surface area (Å²) in [5.41, 5.74) is 1.49. The first-order valence-electron chi connectivity index (χ1n) is 9.89. The van der Waals surface area contributed by atoms with E-state index >= 15 is 0 Å². The molecule has 0 bridgehead atoms. The fraction of sp³-hybridized carbons (Fsp3) is 0.550. The molecule has 1 saturated carbocycles.